The monoisotopic (exact) mass is 427 g/mol. The summed E-state index contributed by atoms with van der Waals surface area (Å²) in [4.78, 5) is 24.4. The summed E-state index contributed by atoms with van der Waals surface area (Å²) in [7, 11) is 0. The van der Waals surface area contributed by atoms with Crippen LogP contribution in [0, 0.1) is 0 Å². The topological polar surface area (TPSA) is 82.4 Å². The third kappa shape index (κ3) is 5.84. The number of carbonyl (C=O) groups is 2. The van der Waals surface area contributed by atoms with Crippen LogP contribution in [0.25, 0.3) is 5.69 Å². The fourth-order valence-corrected chi connectivity index (χ4v) is 2.84. The van der Waals surface area contributed by atoms with E-state index in [0.29, 0.717) is 18.0 Å². The number of para-hydroxylation sites is 1. The highest BCUT2D eigenvalue weighted by Crippen LogP contribution is 2.21. The standard InChI is InChI=1S/C22H22ClN3O4/c1-2-29-22(28)21-19(14-26(25-21)18-6-4-3-5-7-18)30-15-20(27)24-13-12-16-8-10-17(23)11-9-16/h3-11,14H,2,12-13,15H2,1H3,(H,24,27). The molecule has 0 spiro atoms. The van der Waals surface area contributed by atoms with Gasteiger partial charge in [-0.3, -0.25) is 4.79 Å². The van der Waals surface area contributed by atoms with E-state index in [9.17, 15) is 9.59 Å². The Labute approximate surface area is 179 Å². The molecule has 0 saturated heterocycles. The minimum atomic E-state index is -0.606. The van der Waals surface area contributed by atoms with E-state index in [-0.39, 0.29) is 30.6 Å². The van der Waals surface area contributed by atoms with Gasteiger partial charge in [-0.1, -0.05) is 41.9 Å². The third-order valence-electron chi connectivity index (χ3n) is 4.18. The maximum absolute atomic E-state index is 12.2. The zero-order chi connectivity index (χ0) is 21.3. The Kier molecular flexibility index (Phi) is 7.45. The normalized spacial score (nSPS) is 10.5. The molecule has 1 heterocycles. The molecular formula is C22H22ClN3O4. The number of nitrogens with one attached hydrogen (secondary N) is 1. The zero-order valence-corrected chi connectivity index (χ0v) is 17.3. The number of amides is 1. The average Bonchev–Trinajstić information content (AvgIpc) is 3.19. The van der Waals surface area contributed by atoms with Crippen LogP contribution in [0.1, 0.15) is 23.0 Å². The molecule has 0 radical (unpaired) electrons. The van der Waals surface area contributed by atoms with Crippen molar-refractivity contribution in [3.8, 4) is 11.4 Å². The summed E-state index contributed by atoms with van der Waals surface area (Å²) in [6.45, 7) is 2.13. The molecule has 0 bridgehead atoms. The minimum absolute atomic E-state index is 0.0228. The Morgan fingerprint density at radius 1 is 1.10 bits per heavy atom. The first-order chi connectivity index (χ1) is 14.6. The Hall–Kier alpha value is -3.32. The lowest BCUT2D eigenvalue weighted by Gasteiger charge is -2.07. The van der Waals surface area contributed by atoms with Gasteiger partial charge in [-0.05, 0) is 43.2 Å². The van der Waals surface area contributed by atoms with Crippen molar-refractivity contribution in [2.45, 2.75) is 13.3 Å². The maximum Gasteiger partial charge on any atom is 0.362 e. The molecule has 2 aromatic carbocycles. The van der Waals surface area contributed by atoms with Gasteiger partial charge in [-0.2, -0.15) is 5.10 Å². The molecule has 1 N–H and O–H groups in total. The Balaban J connectivity index is 1.60. The van der Waals surface area contributed by atoms with Gasteiger partial charge in [0.1, 0.15) is 0 Å². The number of halogens is 1. The van der Waals surface area contributed by atoms with Crippen LogP contribution in [0.5, 0.6) is 5.75 Å². The maximum atomic E-state index is 12.2. The van der Waals surface area contributed by atoms with Crippen molar-refractivity contribution >= 4 is 23.5 Å². The van der Waals surface area contributed by atoms with E-state index in [2.05, 4.69) is 10.4 Å². The van der Waals surface area contributed by atoms with Gasteiger partial charge >= 0.3 is 5.97 Å². The molecule has 0 aliphatic carbocycles. The third-order valence-corrected chi connectivity index (χ3v) is 4.43. The van der Waals surface area contributed by atoms with E-state index < -0.39 is 5.97 Å². The molecule has 0 aliphatic rings. The number of nitrogens with zero attached hydrogens (tertiary/aromatic N) is 2. The zero-order valence-electron chi connectivity index (χ0n) is 16.5. The fraction of sp³-hybridized carbons (Fsp3) is 0.227. The SMILES string of the molecule is CCOC(=O)c1nn(-c2ccccc2)cc1OCC(=O)NCCc1ccc(Cl)cc1. The van der Waals surface area contributed by atoms with Crippen LogP contribution in [-0.4, -0.2) is 41.4 Å². The van der Waals surface area contributed by atoms with Crippen LogP contribution in [0.4, 0.5) is 0 Å². The van der Waals surface area contributed by atoms with Crippen molar-refractivity contribution in [3.05, 3.63) is 77.1 Å². The van der Waals surface area contributed by atoms with Crippen molar-refractivity contribution in [2.24, 2.45) is 0 Å². The van der Waals surface area contributed by atoms with Gasteiger partial charge in [0.25, 0.3) is 5.91 Å². The van der Waals surface area contributed by atoms with Crippen molar-refractivity contribution in [3.63, 3.8) is 0 Å². The summed E-state index contributed by atoms with van der Waals surface area (Å²) in [5, 5.41) is 7.72. The number of esters is 1. The second kappa shape index (κ2) is 10.5. The predicted molar refractivity (Wildman–Crippen MR) is 113 cm³/mol. The molecule has 156 valence electrons. The lowest BCUT2D eigenvalue weighted by molar-refractivity contribution is -0.123. The molecule has 0 atom stereocenters. The first-order valence-corrected chi connectivity index (χ1v) is 9.90. The van der Waals surface area contributed by atoms with Crippen LogP contribution >= 0.6 is 11.6 Å². The van der Waals surface area contributed by atoms with E-state index in [1.54, 1.807) is 13.1 Å². The number of hydrogen-bond acceptors (Lipinski definition) is 5. The smallest absolute Gasteiger partial charge is 0.362 e. The van der Waals surface area contributed by atoms with E-state index in [1.165, 1.54) is 4.68 Å². The quantitative estimate of drug-likeness (QED) is 0.529. The molecule has 3 aromatic rings. The van der Waals surface area contributed by atoms with Gasteiger partial charge in [0, 0.05) is 11.6 Å². The summed E-state index contributed by atoms with van der Waals surface area (Å²) < 4.78 is 12.1. The molecule has 1 aromatic heterocycles. The Bertz CT molecular complexity index is 987. The number of hydrogen-bond donors (Lipinski definition) is 1. The number of carbonyl (C=O) groups excluding carboxylic acids is 2. The van der Waals surface area contributed by atoms with Crippen molar-refractivity contribution in [1.82, 2.24) is 15.1 Å². The predicted octanol–water partition coefficient (Wildman–Crippen LogP) is 3.44. The van der Waals surface area contributed by atoms with Gasteiger partial charge in [0.2, 0.25) is 5.69 Å². The first-order valence-electron chi connectivity index (χ1n) is 9.53. The summed E-state index contributed by atoms with van der Waals surface area (Å²) in [5.74, 6) is -0.721. The van der Waals surface area contributed by atoms with Gasteiger partial charge in [-0.15, -0.1) is 0 Å². The molecule has 7 nitrogen and oxygen atoms in total. The van der Waals surface area contributed by atoms with Crippen molar-refractivity contribution < 1.29 is 19.1 Å². The fourth-order valence-electron chi connectivity index (χ4n) is 2.71. The highest BCUT2D eigenvalue weighted by atomic mass is 35.5. The molecule has 8 heteroatoms. The van der Waals surface area contributed by atoms with E-state index in [4.69, 9.17) is 21.1 Å². The molecule has 3 rings (SSSR count). The molecule has 0 saturated carbocycles. The highest BCUT2D eigenvalue weighted by Gasteiger charge is 2.21. The molecule has 30 heavy (non-hydrogen) atoms. The van der Waals surface area contributed by atoms with Crippen LogP contribution in [0.15, 0.2) is 60.8 Å². The summed E-state index contributed by atoms with van der Waals surface area (Å²) in [6, 6.07) is 16.7. The van der Waals surface area contributed by atoms with Gasteiger partial charge in [0.05, 0.1) is 18.5 Å². The number of ether oxygens (including phenoxy) is 2. The summed E-state index contributed by atoms with van der Waals surface area (Å²) >= 11 is 5.87. The minimum Gasteiger partial charge on any atom is -0.480 e. The second-order valence-corrected chi connectivity index (χ2v) is 6.79. The largest absolute Gasteiger partial charge is 0.480 e. The van der Waals surface area contributed by atoms with Gasteiger partial charge in [-0.25, -0.2) is 9.48 Å². The van der Waals surface area contributed by atoms with Crippen LogP contribution in [0.3, 0.4) is 0 Å². The van der Waals surface area contributed by atoms with Gasteiger partial charge < -0.3 is 14.8 Å². The van der Waals surface area contributed by atoms with Crippen LogP contribution in [0.2, 0.25) is 5.02 Å². The molecule has 0 aliphatic heterocycles. The number of benzene rings is 2. The van der Waals surface area contributed by atoms with Crippen molar-refractivity contribution in [2.75, 3.05) is 19.8 Å². The van der Waals surface area contributed by atoms with E-state index in [0.717, 1.165) is 11.3 Å². The molecule has 0 unspecified atom stereocenters. The molecular weight excluding hydrogens is 406 g/mol. The number of aromatic nitrogens is 2. The Morgan fingerprint density at radius 3 is 2.53 bits per heavy atom. The van der Waals surface area contributed by atoms with Crippen LogP contribution in [-0.2, 0) is 16.0 Å². The lowest BCUT2D eigenvalue weighted by atomic mass is 10.1. The number of rotatable bonds is 9. The first kappa shape index (κ1) is 21.4. The summed E-state index contributed by atoms with van der Waals surface area (Å²) in [6.07, 6.45) is 2.23. The van der Waals surface area contributed by atoms with E-state index in [1.807, 2.05) is 54.6 Å². The second-order valence-electron chi connectivity index (χ2n) is 6.36. The average molecular weight is 428 g/mol. The highest BCUT2D eigenvalue weighted by molar-refractivity contribution is 6.30. The van der Waals surface area contributed by atoms with Crippen molar-refractivity contribution in [1.29, 1.82) is 0 Å². The summed E-state index contributed by atoms with van der Waals surface area (Å²) in [5.41, 5.74) is 1.84. The van der Waals surface area contributed by atoms with E-state index >= 15 is 0 Å². The lowest BCUT2D eigenvalue weighted by Crippen LogP contribution is -2.30. The van der Waals surface area contributed by atoms with Gasteiger partial charge in [0.15, 0.2) is 12.4 Å². The van der Waals surface area contributed by atoms with Crippen LogP contribution < -0.4 is 10.1 Å². The molecule has 0 fully saturated rings. The molecule has 1 amide bonds. The Morgan fingerprint density at radius 2 is 1.83 bits per heavy atom.